The molecule has 0 bridgehead atoms. The zero-order chi connectivity index (χ0) is 18.8. The van der Waals surface area contributed by atoms with E-state index in [0.717, 1.165) is 16.5 Å². The SMILES string of the molecule is CSc1ccccc1-c1ccc2c(NC(=O)c3cccc(Cl)c3)n[nH]c2c1. The molecule has 4 aromatic rings. The van der Waals surface area contributed by atoms with Crippen molar-refractivity contribution in [2.24, 2.45) is 0 Å². The highest BCUT2D eigenvalue weighted by atomic mass is 35.5. The number of H-pyrrole nitrogens is 1. The number of thioether (sulfide) groups is 1. The first-order valence-corrected chi connectivity index (χ1v) is 9.94. The molecule has 0 unspecified atom stereocenters. The van der Waals surface area contributed by atoms with Gasteiger partial charge in [0, 0.05) is 20.9 Å². The number of fused-ring (bicyclic) bond motifs is 1. The molecular weight excluding hydrogens is 378 g/mol. The van der Waals surface area contributed by atoms with Crippen LogP contribution in [0, 0.1) is 0 Å². The smallest absolute Gasteiger partial charge is 0.256 e. The lowest BCUT2D eigenvalue weighted by Crippen LogP contribution is -2.12. The van der Waals surface area contributed by atoms with Gasteiger partial charge in [0.1, 0.15) is 0 Å². The van der Waals surface area contributed by atoms with Gasteiger partial charge in [-0.05, 0) is 53.8 Å². The minimum atomic E-state index is -0.247. The Kier molecular flexibility index (Phi) is 4.88. The van der Waals surface area contributed by atoms with Crippen molar-refractivity contribution < 1.29 is 4.79 Å². The second-order valence-corrected chi connectivity index (χ2v) is 7.28. The summed E-state index contributed by atoms with van der Waals surface area (Å²) in [5, 5.41) is 11.5. The maximum Gasteiger partial charge on any atom is 0.256 e. The molecule has 2 N–H and O–H groups in total. The number of anilines is 1. The Morgan fingerprint density at radius 3 is 2.74 bits per heavy atom. The highest BCUT2D eigenvalue weighted by Gasteiger charge is 2.13. The highest BCUT2D eigenvalue weighted by Crippen LogP contribution is 2.32. The van der Waals surface area contributed by atoms with E-state index < -0.39 is 0 Å². The molecule has 0 saturated heterocycles. The number of aromatic nitrogens is 2. The summed E-state index contributed by atoms with van der Waals surface area (Å²) < 4.78 is 0. The van der Waals surface area contributed by atoms with Crippen LogP contribution < -0.4 is 5.32 Å². The average molecular weight is 394 g/mol. The fourth-order valence-electron chi connectivity index (χ4n) is 2.97. The van der Waals surface area contributed by atoms with Crippen molar-refractivity contribution in [2.45, 2.75) is 4.90 Å². The summed E-state index contributed by atoms with van der Waals surface area (Å²) in [5.74, 6) is 0.252. The van der Waals surface area contributed by atoms with Gasteiger partial charge in [0.15, 0.2) is 5.82 Å². The minimum Gasteiger partial charge on any atom is -0.305 e. The van der Waals surface area contributed by atoms with Crippen molar-refractivity contribution in [3.05, 3.63) is 77.3 Å². The lowest BCUT2D eigenvalue weighted by molar-refractivity contribution is 0.102. The summed E-state index contributed by atoms with van der Waals surface area (Å²) in [6.07, 6.45) is 2.07. The number of amides is 1. The number of hydrogen-bond acceptors (Lipinski definition) is 3. The quantitative estimate of drug-likeness (QED) is 0.427. The molecular formula is C21H16ClN3OS. The zero-order valence-corrected chi connectivity index (χ0v) is 16.1. The van der Waals surface area contributed by atoms with Crippen molar-refractivity contribution in [1.29, 1.82) is 0 Å². The van der Waals surface area contributed by atoms with Crippen LogP contribution in [0.15, 0.2) is 71.6 Å². The topological polar surface area (TPSA) is 57.8 Å². The number of nitrogens with zero attached hydrogens (tertiary/aromatic N) is 1. The van der Waals surface area contributed by atoms with E-state index in [2.05, 4.69) is 33.9 Å². The van der Waals surface area contributed by atoms with Crippen molar-refractivity contribution in [3.8, 4) is 11.1 Å². The van der Waals surface area contributed by atoms with Crippen molar-refractivity contribution in [1.82, 2.24) is 10.2 Å². The van der Waals surface area contributed by atoms with Crippen LogP contribution in [0.1, 0.15) is 10.4 Å². The van der Waals surface area contributed by atoms with Crippen molar-refractivity contribution >= 4 is 46.0 Å². The van der Waals surface area contributed by atoms with Gasteiger partial charge in [-0.15, -0.1) is 11.8 Å². The molecule has 4 rings (SSSR count). The van der Waals surface area contributed by atoms with E-state index >= 15 is 0 Å². The van der Waals surface area contributed by atoms with Gasteiger partial charge in [-0.2, -0.15) is 5.10 Å². The Hall–Kier alpha value is -2.76. The molecule has 0 aliphatic carbocycles. The van der Waals surface area contributed by atoms with Gasteiger partial charge in [-0.25, -0.2) is 0 Å². The molecule has 1 heterocycles. The van der Waals surface area contributed by atoms with E-state index in [1.54, 1.807) is 36.0 Å². The van der Waals surface area contributed by atoms with Gasteiger partial charge in [-0.1, -0.05) is 41.9 Å². The number of nitrogens with one attached hydrogen (secondary N) is 2. The van der Waals surface area contributed by atoms with Crippen molar-refractivity contribution in [2.75, 3.05) is 11.6 Å². The third kappa shape index (κ3) is 3.56. The highest BCUT2D eigenvalue weighted by molar-refractivity contribution is 7.98. The third-order valence-corrected chi connectivity index (χ3v) is 5.33. The Morgan fingerprint density at radius 1 is 1.07 bits per heavy atom. The first kappa shape index (κ1) is 17.6. The molecule has 0 fully saturated rings. The van der Waals surface area contributed by atoms with Gasteiger partial charge in [0.2, 0.25) is 0 Å². The van der Waals surface area contributed by atoms with Gasteiger partial charge >= 0.3 is 0 Å². The summed E-state index contributed by atoms with van der Waals surface area (Å²) in [6.45, 7) is 0. The molecule has 0 aliphatic rings. The molecule has 1 amide bonds. The molecule has 6 heteroatoms. The number of halogens is 1. The first-order chi connectivity index (χ1) is 13.2. The Morgan fingerprint density at radius 2 is 1.93 bits per heavy atom. The predicted octanol–water partition coefficient (Wildman–Crippen LogP) is 5.86. The van der Waals surface area contributed by atoms with Crippen LogP contribution in [0.2, 0.25) is 5.02 Å². The number of carbonyl (C=O) groups is 1. The lowest BCUT2D eigenvalue weighted by Gasteiger charge is -2.07. The fourth-order valence-corrected chi connectivity index (χ4v) is 3.79. The largest absolute Gasteiger partial charge is 0.305 e. The Bertz CT molecular complexity index is 1140. The Balaban J connectivity index is 1.66. The first-order valence-electron chi connectivity index (χ1n) is 8.34. The molecule has 27 heavy (non-hydrogen) atoms. The van der Waals surface area contributed by atoms with E-state index in [-0.39, 0.29) is 5.91 Å². The maximum absolute atomic E-state index is 12.5. The predicted molar refractivity (Wildman–Crippen MR) is 113 cm³/mol. The van der Waals surface area contributed by atoms with Crippen LogP contribution in [0.25, 0.3) is 22.0 Å². The van der Waals surface area contributed by atoms with Crippen LogP contribution in [0.5, 0.6) is 0 Å². The van der Waals surface area contributed by atoms with E-state index in [4.69, 9.17) is 11.6 Å². The van der Waals surface area contributed by atoms with Crippen LogP contribution in [-0.4, -0.2) is 22.4 Å². The van der Waals surface area contributed by atoms with E-state index in [1.807, 2.05) is 30.3 Å². The molecule has 134 valence electrons. The summed E-state index contributed by atoms with van der Waals surface area (Å²) in [6, 6.07) is 21.2. The number of aromatic amines is 1. The maximum atomic E-state index is 12.5. The standard InChI is InChI=1S/C21H16ClN3OS/c1-27-19-8-3-2-7-16(19)13-9-10-17-18(12-13)24-25-20(17)23-21(26)14-5-4-6-15(22)11-14/h2-12H,1H3,(H2,23,24,25,26). The summed E-state index contributed by atoms with van der Waals surface area (Å²) in [4.78, 5) is 13.7. The summed E-state index contributed by atoms with van der Waals surface area (Å²) in [7, 11) is 0. The number of rotatable bonds is 4. The Labute approximate surface area is 165 Å². The number of hydrogen-bond donors (Lipinski definition) is 2. The second-order valence-electron chi connectivity index (χ2n) is 6.00. The molecule has 0 spiro atoms. The normalized spacial score (nSPS) is 10.9. The van der Waals surface area contributed by atoms with Crippen molar-refractivity contribution in [3.63, 3.8) is 0 Å². The van der Waals surface area contributed by atoms with E-state index in [0.29, 0.717) is 16.4 Å². The van der Waals surface area contributed by atoms with E-state index in [1.165, 1.54) is 10.5 Å². The summed E-state index contributed by atoms with van der Waals surface area (Å²) in [5.41, 5.74) is 3.63. The second kappa shape index (κ2) is 7.47. The van der Waals surface area contributed by atoms with Gasteiger partial charge in [-0.3, -0.25) is 9.89 Å². The molecule has 1 aromatic heterocycles. The minimum absolute atomic E-state index is 0.247. The molecule has 0 saturated carbocycles. The molecule has 0 radical (unpaired) electrons. The number of carbonyl (C=O) groups excluding carboxylic acids is 1. The molecule has 0 aliphatic heterocycles. The lowest BCUT2D eigenvalue weighted by atomic mass is 10.0. The third-order valence-electron chi connectivity index (χ3n) is 4.30. The number of benzene rings is 3. The van der Waals surface area contributed by atoms with Crippen LogP contribution in [0.4, 0.5) is 5.82 Å². The summed E-state index contributed by atoms with van der Waals surface area (Å²) >= 11 is 7.68. The van der Waals surface area contributed by atoms with Crippen LogP contribution in [-0.2, 0) is 0 Å². The molecule has 0 atom stereocenters. The van der Waals surface area contributed by atoms with Gasteiger partial charge in [0.05, 0.1) is 5.52 Å². The zero-order valence-electron chi connectivity index (χ0n) is 14.5. The van der Waals surface area contributed by atoms with Crippen LogP contribution in [0.3, 0.4) is 0 Å². The average Bonchev–Trinajstić information content (AvgIpc) is 3.10. The molecule has 4 nitrogen and oxygen atoms in total. The van der Waals surface area contributed by atoms with Gasteiger partial charge in [0.25, 0.3) is 5.91 Å². The van der Waals surface area contributed by atoms with Gasteiger partial charge < -0.3 is 5.32 Å². The molecule has 3 aromatic carbocycles. The fraction of sp³-hybridized carbons (Fsp3) is 0.0476. The van der Waals surface area contributed by atoms with E-state index in [9.17, 15) is 4.79 Å². The van der Waals surface area contributed by atoms with Crippen LogP contribution >= 0.6 is 23.4 Å². The monoisotopic (exact) mass is 393 g/mol.